The molecule has 4 rings (SSSR count). The van der Waals surface area contributed by atoms with Crippen molar-refractivity contribution in [2.24, 2.45) is 0 Å². The number of ether oxygens (including phenoxy) is 1. The molecule has 1 N–H and O–H groups in total. The van der Waals surface area contributed by atoms with Crippen molar-refractivity contribution in [3.05, 3.63) is 45.8 Å². The van der Waals surface area contributed by atoms with Crippen LogP contribution in [0.5, 0.6) is 0 Å². The second-order valence-electron chi connectivity index (χ2n) is 8.93. The summed E-state index contributed by atoms with van der Waals surface area (Å²) in [6.45, 7) is 2.03. The molecule has 0 unspecified atom stereocenters. The van der Waals surface area contributed by atoms with Crippen molar-refractivity contribution in [3.63, 3.8) is 0 Å². The fourth-order valence-corrected chi connectivity index (χ4v) is 7.52. The predicted molar refractivity (Wildman–Crippen MR) is 133 cm³/mol. The summed E-state index contributed by atoms with van der Waals surface area (Å²) < 4.78 is 32.9. The molecule has 2 aromatic rings. The van der Waals surface area contributed by atoms with Gasteiger partial charge in [0.1, 0.15) is 5.00 Å². The number of fused-ring (bicyclic) bond motifs is 1. The standard InChI is InChI=1S/C25H32N2O5S2/c1-3-32-25(29)22-20-11-7-8-12-21(20)33-24(22)26-23(28)17-13-15-19(16-14-17)34(30,31)27(2)18-9-5-4-6-10-18/h13-16,18H,3-12H2,1-2H3,(H,26,28). The number of hydrogen-bond acceptors (Lipinski definition) is 6. The van der Waals surface area contributed by atoms with E-state index in [1.165, 1.54) is 39.9 Å². The number of nitrogens with zero attached hydrogens (tertiary/aromatic N) is 1. The fourth-order valence-electron chi connectivity index (χ4n) is 4.83. The molecule has 34 heavy (non-hydrogen) atoms. The first-order valence-corrected chi connectivity index (χ1v) is 14.3. The molecule has 2 aliphatic carbocycles. The SMILES string of the molecule is CCOC(=O)c1c(NC(=O)c2ccc(S(=O)(=O)N(C)C3CCCCC3)cc2)sc2c1CCCC2. The van der Waals surface area contributed by atoms with Crippen LogP contribution in [0.3, 0.4) is 0 Å². The number of thiophene rings is 1. The molecule has 9 heteroatoms. The van der Waals surface area contributed by atoms with Crippen molar-refractivity contribution >= 4 is 38.2 Å². The summed E-state index contributed by atoms with van der Waals surface area (Å²) in [5.41, 5.74) is 1.78. The van der Waals surface area contributed by atoms with Gasteiger partial charge in [-0.25, -0.2) is 13.2 Å². The van der Waals surface area contributed by atoms with E-state index in [4.69, 9.17) is 4.74 Å². The van der Waals surface area contributed by atoms with Crippen molar-refractivity contribution in [1.29, 1.82) is 0 Å². The fraction of sp³-hybridized carbons (Fsp3) is 0.520. The number of benzene rings is 1. The third-order valence-electron chi connectivity index (χ3n) is 6.76. The molecule has 184 valence electrons. The Hall–Kier alpha value is -2.23. The lowest BCUT2D eigenvalue weighted by atomic mass is 9.95. The highest BCUT2D eigenvalue weighted by atomic mass is 32.2. The van der Waals surface area contributed by atoms with Gasteiger partial charge in [0, 0.05) is 23.5 Å². The van der Waals surface area contributed by atoms with E-state index in [0.717, 1.165) is 68.2 Å². The first-order valence-electron chi connectivity index (χ1n) is 12.0. The van der Waals surface area contributed by atoms with Crippen LogP contribution in [0.15, 0.2) is 29.2 Å². The lowest BCUT2D eigenvalue weighted by Gasteiger charge is -2.30. The van der Waals surface area contributed by atoms with Gasteiger partial charge in [0.15, 0.2) is 0 Å². The van der Waals surface area contributed by atoms with E-state index in [1.807, 2.05) is 0 Å². The summed E-state index contributed by atoms with van der Waals surface area (Å²) in [6, 6.07) is 6.03. The zero-order valence-electron chi connectivity index (χ0n) is 19.8. The quantitative estimate of drug-likeness (QED) is 0.535. The van der Waals surface area contributed by atoms with Crippen molar-refractivity contribution in [3.8, 4) is 0 Å². The maximum Gasteiger partial charge on any atom is 0.341 e. The minimum atomic E-state index is -3.62. The van der Waals surface area contributed by atoms with Crippen molar-refractivity contribution in [2.45, 2.75) is 75.6 Å². The Morgan fingerprint density at radius 1 is 1.06 bits per heavy atom. The van der Waals surface area contributed by atoms with Crippen LogP contribution >= 0.6 is 11.3 Å². The van der Waals surface area contributed by atoms with E-state index in [2.05, 4.69) is 5.32 Å². The summed E-state index contributed by atoms with van der Waals surface area (Å²) in [7, 11) is -1.98. The van der Waals surface area contributed by atoms with E-state index in [1.54, 1.807) is 14.0 Å². The van der Waals surface area contributed by atoms with Gasteiger partial charge in [-0.05, 0) is 75.3 Å². The number of rotatable bonds is 7. The molecule has 1 aromatic carbocycles. The minimum absolute atomic E-state index is 0.0212. The van der Waals surface area contributed by atoms with Gasteiger partial charge in [0.25, 0.3) is 5.91 Å². The molecule has 0 spiro atoms. The average molecular weight is 505 g/mol. The number of nitrogens with one attached hydrogen (secondary N) is 1. The molecular formula is C25H32N2O5S2. The lowest BCUT2D eigenvalue weighted by molar-refractivity contribution is 0.0526. The summed E-state index contributed by atoms with van der Waals surface area (Å²) in [5.74, 6) is -0.793. The zero-order chi connectivity index (χ0) is 24.3. The van der Waals surface area contributed by atoms with Crippen molar-refractivity contribution in [1.82, 2.24) is 4.31 Å². The highest BCUT2D eigenvalue weighted by molar-refractivity contribution is 7.89. The summed E-state index contributed by atoms with van der Waals surface area (Å²) in [5, 5.41) is 3.38. The molecule has 0 atom stereocenters. The van der Waals surface area contributed by atoms with Gasteiger partial charge in [-0.1, -0.05) is 19.3 Å². The highest BCUT2D eigenvalue weighted by Gasteiger charge is 2.30. The largest absolute Gasteiger partial charge is 0.462 e. The predicted octanol–water partition coefficient (Wildman–Crippen LogP) is 5.01. The van der Waals surface area contributed by atoms with Crippen molar-refractivity contribution in [2.75, 3.05) is 19.0 Å². The molecule has 1 saturated carbocycles. The zero-order valence-corrected chi connectivity index (χ0v) is 21.4. The Morgan fingerprint density at radius 3 is 2.41 bits per heavy atom. The Bertz CT molecular complexity index is 1150. The average Bonchev–Trinajstić information content (AvgIpc) is 3.22. The summed E-state index contributed by atoms with van der Waals surface area (Å²) in [4.78, 5) is 26.9. The maximum absolute atomic E-state index is 13.1. The van der Waals surface area contributed by atoms with Gasteiger partial charge in [0.05, 0.1) is 17.1 Å². The number of sulfonamides is 1. The second-order valence-corrected chi connectivity index (χ2v) is 12.0. The number of aryl methyl sites for hydroxylation is 1. The number of carbonyl (C=O) groups is 2. The van der Waals surface area contributed by atoms with Crippen LogP contribution in [-0.2, 0) is 27.6 Å². The molecule has 0 radical (unpaired) electrons. The Balaban J connectivity index is 1.52. The summed E-state index contributed by atoms with van der Waals surface area (Å²) in [6.07, 6.45) is 8.77. The van der Waals surface area contributed by atoms with Gasteiger partial charge < -0.3 is 10.1 Å². The van der Waals surface area contributed by atoms with Crippen LogP contribution in [0.2, 0.25) is 0 Å². The molecule has 2 aliphatic rings. The first kappa shape index (κ1) is 24.9. The van der Waals surface area contributed by atoms with Gasteiger partial charge >= 0.3 is 5.97 Å². The van der Waals surface area contributed by atoms with E-state index in [-0.39, 0.29) is 23.5 Å². The van der Waals surface area contributed by atoms with E-state index in [0.29, 0.717) is 16.1 Å². The van der Waals surface area contributed by atoms with Crippen LogP contribution in [0.1, 0.15) is 83.0 Å². The van der Waals surface area contributed by atoms with Crippen LogP contribution in [0, 0.1) is 0 Å². The topological polar surface area (TPSA) is 92.8 Å². The maximum atomic E-state index is 13.1. The van der Waals surface area contributed by atoms with Gasteiger partial charge in [0.2, 0.25) is 10.0 Å². The van der Waals surface area contributed by atoms with Crippen LogP contribution in [0.4, 0.5) is 5.00 Å². The van der Waals surface area contributed by atoms with Gasteiger partial charge in [-0.2, -0.15) is 4.31 Å². The van der Waals surface area contributed by atoms with Crippen molar-refractivity contribution < 1.29 is 22.7 Å². The molecule has 0 saturated heterocycles. The molecule has 1 aromatic heterocycles. The Morgan fingerprint density at radius 2 is 1.74 bits per heavy atom. The number of anilines is 1. The number of carbonyl (C=O) groups excluding carboxylic acids is 2. The molecule has 7 nitrogen and oxygen atoms in total. The van der Waals surface area contributed by atoms with Gasteiger partial charge in [-0.3, -0.25) is 4.79 Å². The first-order chi connectivity index (χ1) is 16.3. The summed E-state index contributed by atoms with van der Waals surface area (Å²) >= 11 is 1.43. The minimum Gasteiger partial charge on any atom is -0.462 e. The van der Waals surface area contributed by atoms with E-state index >= 15 is 0 Å². The monoisotopic (exact) mass is 504 g/mol. The molecule has 1 amide bonds. The second kappa shape index (κ2) is 10.6. The smallest absolute Gasteiger partial charge is 0.341 e. The third-order valence-corrected chi connectivity index (χ3v) is 9.89. The molecular weight excluding hydrogens is 472 g/mol. The number of hydrogen-bond donors (Lipinski definition) is 1. The third kappa shape index (κ3) is 5.06. The number of esters is 1. The molecule has 1 heterocycles. The van der Waals surface area contributed by atoms with Crippen LogP contribution in [-0.4, -0.2) is 44.3 Å². The van der Waals surface area contributed by atoms with E-state index < -0.39 is 16.0 Å². The normalized spacial score (nSPS) is 16.8. The van der Waals surface area contributed by atoms with E-state index in [9.17, 15) is 18.0 Å². The molecule has 0 aliphatic heterocycles. The Labute approximate surface area is 205 Å². The molecule has 0 bridgehead atoms. The number of amides is 1. The molecule has 1 fully saturated rings. The van der Waals surface area contributed by atoms with Crippen LogP contribution < -0.4 is 5.32 Å². The highest BCUT2D eigenvalue weighted by Crippen LogP contribution is 2.39. The Kier molecular flexibility index (Phi) is 7.74. The van der Waals surface area contributed by atoms with Crippen LogP contribution in [0.25, 0.3) is 0 Å². The lowest BCUT2D eigenvalue weighted by Crippen LogP contribution is -2.38. The van der Waals surface area contributed by atoms with Gasteiger partial charge in [-0.15, -0.1) is 11.3 Å².